The molecule has 0 aliphatic carbocycles. The van der Waals surface area contributed by atoms with E-state index in [4.69, 9.17) is 4.74 Å². The van der Waals surface area contributed by atoms with Crippen LogP contribution in [0.4, 0.5) is 16.2 Å². The normalized spacial score (nSPS) is 16.4. The summed E-state index contributed by atoms with van der Waals surface area (Å²) in [6.07, 6.45) is -0.552. The molecular formula is C20H27N5O3. The number of carbonyl (C=O) groups excluding carboxylic acids is 2. The van der Waals surface area contributed by atoms with Crippen LogP contribution in [0.1, 0.15) is 39.1 Å². The number of nitrogens with zero attached hydrogens (tertiary/aromatic N) is 3. The number of ether oxygens (including phenoxy) is 1. The number of hydrogen-bond donors (Lipinski definition) is 2. The molecular weight excluding hydrogens is 358 g/mol. The van der Waals surface area contributed by atoms with Gasteiger partial charge in [0.25, 0.3) is 5.91 Å². The van der Waals surface area contributed by atoms with Gasteiger partial charge in [0.15, 0.2) is 6.10 Å². The van der Waals surface area contributed by atoms with Gasteiger partial charge in [0, 0.05) is 31.3 Å². The van der Waals surface area contributed by atoms with Crippen molar-refractivity contribution in [2.75, 3.05) is 24.3 Å². The topological polar surface area (TPSA) is 90.6 Å². The Kier molecular flexibility index (Phi) is 5.06. The van der Waals surface area contributed by atoms with Crippen molar-refractivity contribution in [1.82, 2.24) is 15.1 Å². The summed E-state index contributed by atoms with van der Waals surface area (Å²) in [5.74, 6) is 0.469. The first kappa shape index (κ1) is 19.7. The van der Waals surface area contributed by atoms with Gasteiger partial charge in [-0.25, -0.2) is 4.79 Å². The molecule has 2 heterocycles. The lowest BCUT2D eigenvalue weighted by Crippen LogP contribution is -2.42. The fourth-order valence-corrected chi connectivity index (χ4v) is 2.97. The third-order valence-electron chi connectivity index (χ3n) is 4.71. The van der Waals surface area contributed by atoms with Crippen molar-refractivity contribution in [3.8, 4) is 5.75 Å². The highest BCUT2D eigenvalue weighted by atomic mass is 16.5. The van der Waals surface area contributed by atoms with E-state index in [1.165, 1.54) is 0 Å². The van der Waals surface area contributed by atoms with Gasteiger partial charge in [0.1, 0.15) is 5.75 Å². The van der Waals surface area contributed by atoms with E-state index in [2.05, 4.69) is 36.3 Å². The molecule has 0 bridgehead atoms. The molecule has 0 saturated carbocycles. The van der Waals surface area contributed by atoms with Gasteiger partial charge in [-0.15, -0.1) is 0 Å². The van der Waals surface area contributed by atoms with Gasteiger partial charge < -0.3 is 19.9 Å². The second-order valence-corrected chi connectivity index (χ2v) is 8.15. The number of likely N-dealkylation sites (N-methyl/N-ethyl adjacent to an activating group) is 1. The van der Waals surface area contributed by atoms with Gasteiger partial charge in [-0.05, 0) is 25.1 Å². The summed E-state index contributed by atoms with van der Waals surface area (Å²) in [7, 11) is 3.43. The molecule has 1 aromatic heterocycles. The van der Waals surface area contributed by atoms with E-state index in [0.29, 0.717) is 23.7 Å². The summed E-state index contributed by atoms with van der Waals surface area (Å²) in [6.45, 7) is 8.38. The Hall–Kier alpha value is -3.03. The fourth-order valence-electron chi connectivity index (χ4n) is 2.97. The van der Waals surface area contributed by atoms with Crippen LogP contribution >= 0.6 is 0 Å². The van der Waals surface area contributed by atoms with E-state index in [0.717, 1.165) is 11.4 Å². The maximum Gasteiger partial charge on any atom is 0.321 e. The molecule has 1 aliphatic rings. The number of fused-ring (bicyclic) bond motifs is 1. The van der Waals surface area contributed by atoms with Crippen molar-refractivity contribution < 1.29 is 14.3 Å². The van der Waals surface area contributed by atoms with E-state index in [9.17, 15) is 9.59 Å². The minimum atomic E-state index is -0.552. The van der Waals surface area contributed by atoms with Crippen LogP contribution in [-0.4, -0.2) is 47.2 Å². The lowest BCUT2D eigenvalue weighted by molar-refractivity contribution is -0.125. The Morgan fingerprint density at radius 3 is 2.71 bits per heavy atom. The summed E-state index contributed by atoms with van der Waals surface area (Å²) >= 11 is 0. The first-order chi connectivity index (χ1) is 13.1. The third-order valence-corrected chi connectivity index (χ3v) is 4.71. The highest BCUT2D eigenvalue weighted by molar-refractivity contribution is 6.00. The van der Waals surface area contributed by atoms with E-state index < -0.39 is 6.10 Å². The van der Waals surface area contributed by atoms with Crippen molar-refractivity contribution in [2.24, 2.45) is 0 Å². The number of urea groups is 1. The van der Waals surface area contributed by atoms with Crippen LogP contribution in [0.15, 0.2) is 24.3 Å². The van der Waals surface area contributed by atoms with Crippen LogP contribution in [-0.2, 0) is 16.8 Å². The Morgan fingerprint density at radius 2 is 2.07 bits per heavy atom. The predicted octanol–water partition coefficient (Wildman–Crippen LogP) is 3.11. The molecule has 1 aliphatic heterocycles. The zero-order valence-electron chi connectivity index (χ0n) is 17.2. The van der Waals surface area contributed by atoms with Gasteiger partial charge in [-0.2, -0.15) is 5.10 Å². The molecule has 28 heavy (non-hydrogen) atoms. The number of aromatic amines is 1. The Morgan fingerprint density at radius 1 is 1.36 bits per heavy atom. The zero-order valence-corrected chi connectivity index (χ0v) is 17.2. The second-order valence-electron chi connectivity index (χ2n) is 8.15. The molecule has 3 rings (SSSR count). The molecule has 8 nitrogen and oxygen atoms in total. The summed E-state index contributed by atoms with van der Waals surface area (Å²) in [6, 6.07) is 6.97. The van der Waals surface area contributed by atoms with Crippen LogP contribution in [0.2, 0.25) is 0 Å². The average molecular weight is 385 g/mol. The Labute approximate surface area is 164 Å². The number of amides is 3. The SMILES string of the molecule is CC1Oc2cc(NC(=O)N(C)Cc3cc(C(C)(C)C)n[nH]3)ccc2N(C)C1=O. The summed E-state index contributed by atoms with van der Waals surface area (Å²) < 4.78 is 5.66. The highest BCUT2D eigenvalue weighted by Gasteiger charge is 2.29. The van der Waals surface area contributed by atoms with Crippen molar-refractivity contribution in [3.63, 3.8) is 0 Å². The third kappa shape index (κ3) is 3.95. The molecule has 0 saturated heterocycles. The highest BCUT2D eigenvalue weighted by Crippen LogP contribution is 2.35. The number of carbonyl (C=O) groups is 2. The van der Waals surface area contributed by atoms with Gasteiger partial charge >= 0.3 is 6.03 Å². The molecule has 0 radical (unpaired) electrons. The quantitative estimate of drug-likeness (QED) is 0.849. The van der Waals surface area contributed by atoms with Crippen LogP contribution in [0.25, 0.3) is 0 Å². The maximum atomic E-state index is 12.5. The minimum absolute atomic E-state index is 0.0512. The molecule has 1 atom stereocenters. The number of anilines is 2. The second kappa shape index (κ2) is 7.18. The van der Waals surface area contributed by atoms with Gasteiger partial charge in [-0.3, -0.25) is 9.89 Å². The maximum absolute atomic E-state index is 12.5. The summed E-state index contributed by atoms with van der Waals surface area (Å²) in [4.78, 5) is 27.7. The molecule has 1 unspecified atom stereocenters. The van der Waals surface area contributed by atoms with Crippen molar-refractivity contribution in [3.05, 3.63) is 35.7 Å². The molecule has 2 aromatic rings. The molecule has 1 aromatic carbocycles. The number of aromatic nitrogens is 2. The van der Waals surface area contributed by atoms with E-state index in [-0.39, 0.29) is 17.4 Å². The van der Waals surface area contributed by atoms with E-state index in [1.54, 1.807) is 49.0 Å². The van der Waals surface area contributed by atoms with Gasteiger partial charge in [-0.1, -0.05) is 20.8 Å². The number of benzene rings is 1. The average Bonchev–Trinajstić information content (AvgIpc) is 3.08. The molecule has 0 fully saturated rings. The predicted molar refractivity (Wildman–Crippen MR) is 108 cm³/mol. The standard InChI is InChI=1S/C20H27N5O3/c1-12-18(26)25(6)15-8-7-13(9-16(15)28-12)21-19(27)24(5)11-14-10-17(23-22-14)20(2,3)4/h7-10,12H,11H2,1-6H3,(H,21,27)(H,22,23). The summed E-state index contributed by atoms with van der Waals surface area (Å²) in [5, 5.41) is 10.2. The lowest BCUT2D eigenvalue weighted by Gasteiger charge is -2.30. The molecule has 2 N–H and O–H groups in total. The Balaban J connectivity index is 1.67. The first-order valence-corrected chi connectivity index (χ1v) is 9.21. The van der Waals surface area contributed by atoms with Crippen LogP contribution < -0.4 is 15.0 Å². The zero-order chi connectivity index (χ0) is 20.6. The number of hydrogen-bond acceptors (Lipinski definition) is 4. The monoisotopic (exact) mass is 385 g/mol. The fraction of sp³-hybridized carbons (Fsp3) is 0.450. The molecule has 0 spiro atoms. The lowest BCUT2D eigenvalue weighted by atomic mass is 9.92. The molecule has 3 amide bonds. The number of H-pyrrole nitrogens is 1. The Bertz CT molecular complexity index is 899. The van der Waals surface area contributed by atoms with Crippen LogP contribution in [0, 0.1) is 0 Å². The molecule has 8 heteroatoms. The summed E-state index contributed by atoms with van der Waals surface area (Å²) in [5.41, 5.74) is 3.05. The number of nitrogens with one attached hydrogen (secondary N) is 2. The molecule has 150 valence electrons. The van der Waals surface area contributed by atoms with E-state index in [1.807, 2.05) is 6.07 Å². The minimum Gasteiger partial charge on any atom is -0.479 e. The van der Waals surface area contributed by atoms with Gasteiger partial charge in [0.2, 0.25) is 0 Å². The van der Waals surface area contributed by atoms with Gasteiger partial charge in [0.05, 0.1) is 23.6 Å². The van der Waals surface area contributed by atoms with Crippen molar-refractivity contribution in [2.45, 2.75) is 45.8 Å². The smallest absolute Gasteiger partial charge is 0.321 e. The number of rotatable bonds is 3. The van der Waals surface area contributed by atoms with Crippen LogP contribution in [0.3, 0.4) is 0 Å². The first-order valence-electron chi connectivity index (χ1n) is 9.21. The van der Waals surface area contributed by atoms with Crippen LogP contribution in [0.5, 0.6) is 5.75 Å². The van der Waals surface area contributed by atoms with Crippen molar-refractivity contribution in [1.29, 1.82) is 0 Å². The largest absolute Gasteiger partial charge is 0.479 e. The van der Waals surface area contributed by atoms with Crippen molar-refractivity contribution >= 4 is 23.3 Å². The van der Waals surface area contributed by atoms with E-state index >= 15 is 0 Å².